The molecule has 0 saturated carbocycles. The van der Waals surface area contributed by atoms with E-state index < -0.39 is 27.3 Å². The molecule has 1 saturated heterocycles. The number of nitrogens with zero attached hydrogens (tertiary/aromatic N) is 4. The zero-order valence-electron chi connectivity index (χ0n) is 15.1. The minimum Gasteiger partial charge on any atom is -0.380 e. The van der Waals surface area contributed by atoms with Gasteiger partial charge in [-0.1, -0.05) is 11.6 Å². The molecule has 2 aromatic rings. The second-order valence-corrected chi connectivity index (χ2v) is 8.93. The van der Waals surface area contributed by atoms with Crippen molar-refractivity contribution in [2.24, 2.45) is 0 Å². The Kier molecular flexibility index (Phi) is 5.88. The van der Waals surface area contributed by atoms with Gasteiger partial charge in [-0.05, 0) is 25.0 Å². The molecule has 0 aromatic carbocycles. The molecule has 0 aliphatic carbocycles. The van der Waals surface area contributed by atoms with Crippen LogP contribution >= 0.6 is 11.6 Å². The van der Waals surface area contributed by atoms with Gasteiger partial charge in [0, 0.05) is 25.3 Å². The van der Waals surface area contributed by atoms with E-state index in [2.05, 4.69) is 15.4 Å². The van der Waals surface area contributed by atoms with Crippen LogP contribution in [0.2, 0.25) is 5.02 Å². The molecular formula is C16H17ClF3N5O3S. The zero-order chi connectivity index (χ0) is 21.4. The Hall–Kier alpha value is -2.18. The van der Waals surface area contributed by atoms with Crippen molar-refractivity contribution in [2.75, 3.05) is 24.7 Å². The van der Waals surface area contributed by atoms with E-state index in [9.17, 15) is 26.4 Å². The first-order valence-electron chi connectivity index (χ1n) is 8.50. The monoisotopic (exact) mass is 451 g/mol. The van der Waals surface area contributed by atoms with Crippen LogP contribution in [0.25, 0.3) is 5.82 Å². The third kappa shape index (κ3) is 4.87. The first-order chi connectivity index (χ1) is 13.5. The predicted octanol–water partition coefficient (Wildman–Crippen LogP) is 2.14. The van der Waals surface area contributed by atoms with Gasteiger partial charge in [0.1, 0.15) is 5.02 Å². The molecule has 158 valence electrons. The van der Waals surface area contributed by atoms with Crippen molar-refractivity contribution in [3.8, 4) is 5.82 Å². The number of rotatable bonds is 4. The van der Waals surface area contributed by atoms with Gasteiger partial charge in [-0.3, -0.25) is 4.79 Å². The Labute approximate surface area is 169 Å². The lowest BCUT2D eigenvalue weighted by Crippen LogP contribution is -2.42. The van der Waals surface area contributed by atoms with Gasteiger partial charge in [0.15, 0.2) is 5.82 Å². The molecule has 0 radical (unpaired) electrons. The van der Waals surface area contributed by atoms with Crippen molar-refractivity contribution in [3.63, 3.8) is 0 Å². The summed E-state index contributed by atoms with van der Waals surface area (Å²) >= 11 is 6.12. The van der Waals surface area contributed by atoms with Crippen LogP contribution < -0.4 is 10.9 Å². The fraction of sp³-hybridized carbons (Fsp3) is 0.438. The molecule has 1 aliphatic heterocycles. The van der Waals surface area contributed by atoms with Gasteiger partial charge in [0.25, 0.3) is 5.56 Å². The molecule has 29 heavy (non-hydrogen) atoms. The van der Waals surface area contributed by atoms with Crippen LogP contribution in [0.4, 0.5) is 18.9 Å². The minimum atomic E-state index is -4.54. The van der Waals surface area contributed by atoms with Crippen molar-refractivity contribution in [3.05, 3.63) is 45.5 Å². The van der Waals surface area contributed by atoms with E-state index in [1.54, 1.807) is 0 Å². The van der Waals surface area contributed by atoms with Gasteiger partial charge < -0.3 is 5.32 Å². The van der Waals surface area contributed by atoms with Crippen LogP contribution in [0.1, 0.15) is 18.4 Å². The molecule has 3 heterocycles. The molecule has 0 bridgehead atoms. The van der Waals surface area contributed by atoms with Crippen molar-refractivity contribution in [1.29, 1.82) is 0 Å². The highest BCUT2D eigenvalue weighted by Crippen LogP contribution is 2.28. The summed E-state index contributed by atoms with van der Waals surface area (Å²) in [7, 11) is -3.25. The van der Waals surface area contributed by atoms with Crippen LogP contribution in [0.15, 0.2) is 29.3 Å². The van der Waals surface area contributed by atoms with E-state index >= 15 is 0 Å². The number of sulfonamides is 1. The van der Waals surface area contributed by atoms with Gasteiger partial charge >= 0.3 is 6.18 Å². The molecule has 1 fully saturated rings. The molecular weight excluding hydrogens is 435 g/mol. The average molecular weight is 452 g/mol. The Morgan fingerprint density at radius 1 is 1.21 bits per heavy atom. The van der Waals surface area contributed by atoms with Crippen LogP contribution in [0.5, 0.6) is 0 Å². The normalized spacial score (nSPS) is 16.7. The average Bonchev–Trinajstić information content (AvgIpc) is 2.65. The molecule has 8 nitrogen and oxygen atoms in total. The highest BCUT2D eigenvalue weighted by molar-refractivity contribution is 7.88. The summed E-state index contributed by atoms with van der Waals surface area (Å²) in [4.78, 5) is 16.1. The first kappa shape index (κ1) is 21.5. The number of pyridine rings is 1. The Bertz CT molecular complexity index is 1050. The van der Waals surface area contributed by atoms with Gasteiger partial charge in [-0.25, -0.2) is 17.7 Å². The van der Waals surface area contributed by atoms with E-state index in [-0.39, 0.29) is 22.6 Å². The molecule has 1 aliphatic rings. The fourth-order valence-electron chi connectivity index (χ4n) is 2.93. The van der Waals surface area contributed by atoms with E-state index in [1.165, 1.54) is 10.5 Å². The number of anilines is 1. The number of nitrogens with one attached hydrogen (secondary N) is 1. The second-order valence-electron chi connectivity index (χ2n) is 6.57. The Balaban J connectivity index is 1.76. The highest BCUT2D eigenvalue weighted by Gasteiger charge is 2.31. The summed E-state index contributed by atoms with van der Waals surface area (Å²) in [5.74, 6) is -0.0992. The number of aromatic nitrogens is 3. The molecule has 0 amide bonds. The first-order valence-corrected chi connectivity index (χ1v) is 10.7. The van der Waals surface area contributed by atoms with E-state index in [4.69, 9.17) is 11.6 Å². The molecule has 1 N–H and O–H groups in total. The van der Waals surface area contributed by atoms with Gasteiger partial charge in [-0.15, -0.1) is 0 Å². The Morgan fingerprint density at radius 3 is 2.38 bits per heavy atom. The van der Waals surface area contributed by atoms with Crippen LogP contribution in [0, 0.1) is 0 Å². The second kappa shape index (κ2) is 7.92. The van der Waals surface area contributed by atoms with E-state index in [0.717, 1.165) is 23.1 Å². The van der Waals surface area contributed by atoms with Crippen molar-refractivity contribution in [1.82, 2.24) is 19.1 Å². The van der Waals surface area contributed by atoms with Gasteiger partial charge in [-0.2, -0.15) is 23.0 Å². The lowest BCUT2D eigenvalue weighted by Gasteiger charge is -2.31. The summed E-state index contributed by atoms with van der Waals surface area (Å²) in [5, 5.41) is 6.81. The molecule has 0 unspecified atom stereocenters. The molecule has 3 rings (SSSR count). The molecule has 0 spiro atoms. The summed E-state index contributed by atoms with van der Waals surface area (Å²) in [6.45, 7) is 0.683. The number of halogens is 4. The van der Waals surface area contributed by atoms with Crippen molar-refractivity contribution < 1.29 is 21.6 Å². The number of hydrogen-bond donors (Lipinski definition) is 1. The topological polar surface area (TPSA) is 97.2 Å². The quantitative estimate of drug-likeness (QED) is 0.765. The number of piperidine rings is 1. The lowest BCUT2D eigenvalue weighted by atomic mass is 10.1. The maximum absolute atomic E-state index is 12.6. The van der Waals surface area contributed by atoms with E-state index in [1.807, 2.05) is 0 Å². The maximum atomic E-state index is 12.6. The Morgan fingerprint density at radius 2 is 1.86 bits per heavy atom. The molecule has 13 heteroatoms. The summed E-state index contributed by atoms with van der Waals surface area (Å²) in [5.41, 5.74) is -1.42. The van der Waals surface area contributed by atoms with Gasteiger partial charge in [0.05, 0.1) is 23.7 Å². The van der Waals surface area contributed by atoms with Crippen molar-refractivity contribution in [2.45, 2.75) is 25.1 Å². The molecule has 2 aromatic heterocycles. The SMILES string of the molecule is CS(=O)(=O)N1CCC(Nc2cnn(-c3ccc(C(F)(F)F)cn3)c(=O)c2Cl)CC1. The summed E-state index contributed by atoms with van der Waals surface area (Å²) < 4.78 is 63.2. The lowest BCUT2D eigenvalue weighted by molar-refractivity contribution is -0.137. The standard InChI is InChI=1S/C16H17ClF3N5O3S/c1-29(27,28)24-6-4-11(5-7-24)23-12-9-22-25(15(26)14(12)17)13-3-2-10(8-21-13)16(18,19)20/h2-3,8-9,11,23H,4-7H2,1H3. The highest BCUT2D eigenvalue weighted by atomic mass is 35.5. The third-order valence-corrected chi connectivity index (χ3v) is 6.16. The minimum absolute atomic E-state index is 0.0992. The molecule has 0 atom stereocenters. The predicted molar refractivity (Wildman–Crippen MR) is 101 cm³/mol. The largest absolute Gasteiger partial charge is 0.417 e. The summed E-state index contributed by atoms with van der Waals surface area (Å²) in [6.07, 6.45) is -0.455. The summed E-state index contributed by atoms with van der Waals surface area (Å²) in [6, 6.07) is 1.72. The van der Waals surface area contributed by atoms with Crippen molar-refractivity contribution >= 4 is 27.3 Å². The number of hydrogen-bond acceptors (Lipinski definition) is 6. The fourth-order valence-corrected chi connectivity index (χ4v) is 3.98. The van der Waals surface area contributed by atoms with Crippen LogP contribution in [-0.4, -0.2) is 52.9 Å². The third-order valence-electron chi connectivity index (χ3n) is 4.49. The van der Waals surface area contributed by atoms with E-state index in [0.29, 0.717) is 32.1 Å². The van der Waals surface area contributed by atoms with Gasteiger partial charge in [0.2, 0.25) is 10.0 Å². The zero-order valence-corrected chi connectivity index (χ0v) is 16.7. The van der Waals surface area contributed by atoms with Crippen LogP contribution in [-0.2, 0) is 16.2 Å². The van der Waals surface area contributed by atoms with Crippen LogP contribution in [0.3, 0.4) is 0 Å². The number of alkyl halides is 3. The maximum Gasteiger partial charge on any atom is 0.417 e. The smallest absolute Gasteiger partial charge is 0.380 e.